The summed E-state index contributed by atoms with van der Waals surface area (Å²) in [7, 11) is 1.93. The maximum atomic E-state index is 12.5. The molecule has 0 radical (unpaired) electrons. The van der Waals surface area contributed by atoms with Gasteiger partial charge >= 0.3 is 0 Å². The average molecular weight is 268 g/mol. The number of carbonyl (C=O) groups excluding carboxylic acids is 1. The molecule has 0 aromatic rings. The molecule has 3 unspecified atom stereocenters. The zero-order valence-electron chi connectivity index (χ0n) is 12.3. The summed E-state index contributed by atoms with van der Waals surface area (Å²) >= 11 is 0. The molecule has 1 amide bonds. The normalized spacial score (nSPS) is 33.1. The molecule has 1 heterocycles. The van der Waals surface area contributed by atoms with Crippen LogP contribution in [-0.2, 0) is 9.53 Å². The first-order chi connectivity index (χ1) is 9.08. The van der Waals surface area contributed by atoms with Crippen LogP contribution in [0.3, 0.4) is 0 Å². The second kappa shape index (κ2) is 6.71. The molecular formula is C15H28N2O2. The fourth-order valence-corrected chi connectivity index (χ4v) is 3.38. The molecule has 4 nitrogen and oxygen atoms in total. The van der Waals surface area contributed by atoms with Crippen LogP contribution in [0.1, 0.15) is 39.0 Å². The smallest absolute Gasteiger partial charge is 0.227 e. The van der Waals surface area contributed by atoms with Crippen LogP contribution in [0.2, 0.25) is 0 Å². The summed E-state index contributed by atoms with van der Waals surface area (Å²) in [6.45, 7) is 4.77. The monoisotopic (exact) mass is 268 g/mol. The zero-order chi connectivity index (χ0) is 13.8. The summed E-state index contributed by atoms with van der Waals surface area (Å²) in [5.74, 6) is 1.52. The first-order valence-corrected chi connectivity index (χ1v) is 7.66. The molecule has 0 aromatic heterocycles. The quantitative estimate of drug-likeness (QED) is 0.846. The highest BCUT2D eigenvalue weighted by molar-refractivity contribution is 5.79. The molecular weight excluding hydrogens is 240 g/mol. The fraction of sp³-hybridized carbons (Fsp3) is 0.933. The van der Waals surface area contributed by atoms with Crippen molar-refractivity contribution in [2.45, 2.75) is 45.1 Å². The van der Waals surface area contributed by atoms with Gasteiger partial charge in [0.25, 0.3) is 0 Å². The van der Waals surface area contributed by atoms with Gasteiger partial charge in [-0.3, -0.25) is 4.79 Å². The second-order valence-electron chi connectivity index (χ2n) is 6.46. The van der Waals surface area contributed by atoms with E-state index in [1.807, 2.05) is 11.9 Å². The van der Waals surface area contributed by atoms with Crippen molar-refractivity contribution in [3.05, 3.63) is 0 Å². The van der Waals surface area contributed by atoms with Crippen LogP contribution < -0.4 is 5.73 Å². The summed E-state index contributed by atoms with van der Waals surface area (Å²) in [6.07, 6.45) is 5.25. The van der Waals surface area contributed by atoms with E-state index in [-0.39, 0.29) is 17.9 Å². The van der Waals surface area contributed by atoms with Gasteiger partial charge in [0.2, 0.25) is 5.91 Å². The lowest BCUT2D eigenvalue weighted by atomic mass is 9.78. The van der Waals surface area contributed by atoms with E-state index in [4.69, 9.17) is 10.5 Å². The highest BCUT2D eigenvalue weighted by atomic mass is 16.5. The predicted molar refractivity (Wildman–Crippen MR) is 75.7 cm³/mol. The van der Waals surface area contributed by atoms with Crippen LogP contribution in [-0.4, -0.2) is 43.7 Å². The number of hydrogen-bond donors (Lipinski definition) is 1. The van der Waals surface area contributed by atoms with Crippen molar-refractivity contribution in [3.63, 3.8) is 0 Å². The van der Waals surface area contributed by atoms with Crippen molar-refractivity contribution in [3.8, 4) is 0 Å². The van der Waals surface area contributed by atoms with E-state index in [0.717, 1.165) is 51.9 Å². The number of ether oxygens (including phenoxy) is 1. The van der Waals surface area contributed by atoms with Gasteiger partial charge in [-0.15, -0.1) is 0 Å². The van der Waals surface area contributed by atoms with Gasteiger partial charge in [0.15, 0.2) is 0 Å². The number of nitrogens with zero attached hydrogens (tertiary/aromatic N) is 1. The van der Waals surface area contributed by atoms with Crippen LogP contribution in [0.25, 0.3) is 0 Å². The van der Waals surface area contributed by atoms with Crippen molar-refractivity contribution in [2.24, 2.45) is 23.5 Å². The van der Waals surface area contributed by atoms with Crippen LogP contribution >= 0.6 is 0 Å². The molecule has 2 N–H and O–H groups in total. The van der Waals surface area contributed by atoms with Crippen molar-refractivity contribution >= 4 is 5.91 Å². The highest BCUT2D eigenvalue weighted by Crippen LogP contribution is 2.29. The lowest BCUT2D eigenvalue weighted by Crippen LogP contribution is -2.47. The maximum absolute atomic E-state index is 12.5. The molecule has 2 fully saturated rings. The van der Waals surface area contributed by atoms with Crippen LogP contribution in [0.15, 0.2) is 0 Å². The molecule has 1 aliphatic heterocycles. The molecule has 2 rings (SSSR count). The van der Waals surface area contributed by atoms with Gasteiger partial charge in [-0.25, -0.2) is 0 Å². The SMILES string of the molecule is CC1CCC(N)C(C(=O)N(C)CC2CCOCC2)C1. The standard InChI is InChI=1S/C15H28N2O2/c1-11-3-4-14(16)13(9-11)15(18)17(2)10-12-5-7-19-8-6-12/h11-14H,3-10,16H2,1-2H3. The largest absolute Gasteiger partial charge is 0.381 e. The first kappa shape index (κ1) is 14.8. The third kappa shape index (κ3) is 3.93. The minimum Gasteiger partial charge on any atom is -0.381 e. The van der Waals surface area contributed by atoms with Gasteiger partial charge in [-0.1, -0.05) is 6.92 Å². The van der Waals surface area contributed by atoms with Gasteiger partial charge in [0, 0.05) is 32.8 Å². The lowest BCUT2D eigenvalue weighted by Gasteiger charge is -2.35. The van der Waals surface area contributed by atoms with E-state index < -0.39 is 0 Å². The highest BCUT2D eigenvalue weighted by Gasteiger charge is 2.33. The van der Waals surface area contributed by atoms with Gasteiger partial charge in [0.1, 0.15) is 0 Å². The van der Waals surface area contributed by atoms with Crippen molar-refractivity contribution < 1.29 is 9.53 Å². The minimum absolute atomic E-state index is 0.0357. The zero-order valence-corrected chi connectivity index (χ0v) is 12.3. The van der Waals surface area contributed by atoms with E-state index in [2.05, 4.69) is 6.92 Å². The molecule has 1 aliphatic carbocycles. The summed E-state index contributed by atoms with van der Waals surface area (Å²) in [5, 5.41) is 0. The van der Waals surface area contributed by atoms with E-state index in [0.29, 0.717) is 11.8 Å². The van der Waals surface area contributed by atoms with Crippen LogP contribution in [0.5, 0.6) is 0 Å². The number of carbonyl (C=O) groups is 1. The Labute approximate surface area is 116 Å². The summed E-state index contributed by atoms with van der Waals surface area (Å²) in [5.41, 5.74) is 6.15. The van der Waals surface area contributed by atoms with Gasteiger partial charge in [-0.05, 0) is 43.9 Å². The van der Waals surface area contributed by atoms with Gasteiger partial charge in [-0.2, -0.15) is 0 Å². The summed E-state index contributed by atoms with van der Waals surface area (Å²) in [4.78, 5) is 14.5. The molecule has 1 saturated carbocycles. The van der Waals surface area contributed by atoms with Crippen molar-refractivity contribution in [1.29, 1.82) is 0 Å². The lowest BCUT2D eigenvalue weighted by molar-refractivity contribution is -0.137. The van der Waals surface area contributed by atoms with E-state index in [1.165, 1.54) is 0 Å². The number of rotatable bonds is 3. The van der Waals surface area contributed by atoms with E-state index >= 15 is 0 Å². The third-order valence-corrected chi connectivity index (χ3v) is 4.73. The Morgan fingerprint density at radius 2 is 1.95 bits per heavy atom. The average Bonchev–Trinajstić information content (AvgIpc) is 2.42. The van der Waals surface area contributed by atoms with Crippen LogP contribution in [0.4, 0.5) is 0 Å². The Morgan fingerprint density at radius 1 is 1.26 bits per heavy atom. The summed E-state index contributed by atoms with van der Waals surface area (Å²) < 4.78 is 5.37. The van der Waals surface area contributed by atoms with E-state index in [1.54, 1.807) is 0 Å². The first-order valence-electron chi connectivity index (χ1n) is 7.66. The topological polar surface area (TPSA) is 55.6 Å². The molecule has 19 heavy (non-hydrogen) atoms. The molecule has 0 spiro atoms. The third-order valence-electron chi connectivity index (χ3n) is 4.73. The molecule has 110 valence electrons. The molecule has 1 saturated heterocycles. The Morgan fingerprint density at radius 3 is 2.63 bits per heavy atom. The molecule has 2 aliphatic rings. The summed E-state index contributed by atoms with van der Waals surface area (Å²) in [6, 6.07) is 0.0563. The Kier molecular flexibility index (Phi) is 5.22. The Balaban J connectivity index is 1.86. The van der Waals surface area contributed by atoms with Gasteiger partial charge in [0.05, 0.1) is 5.92 Å². The molecule has 0 aromatic carbocycles. The maximum Gasteiger partial charge on any atom is 0.227 e. The minimum atomic E-state index is 0.0357. The number of amides is 1. The second-order valence-corrected chi connectivity index (χ2v) is 6.46. The molecule has 3 atom stereocenters. The Hall–Kier alpha value is -0.610. The fourth-order valence-electron chi connectivity index (χ4n) is 3.38. The van der Waals surface area contributed by atoms with Crippen molar-refractivity contribution in [1.82, 2.24) is 4.90 Å². The Bertz CT molecular complexity index is 303. The van der Waals surface area contributed by atoms with Gasteiger partial charge < -0.3 is 15.4 Å². The predicted octanol–water partition coefficient (Wildman–Crippen LogP) is 1.63. The number of nitrogens with two attached hydrogens (primary N) is 1. The molecule has 0 bridgehead atoms. The van der Waals surface area contributed by atoms with E-state index in [9.17, 15) is 4.79 Å². The van der Waals surface area contributed by atoms with Crippen LogP contribution in [0, 0.1) is 17.8 Å². The van der Waals surface area contributed by atoms with Crippen molar-refractivity contribution in [2.75, 3.05) is 26.8 Å². The molecule has 4 heteroatoms. The number of hydrogen-bond acceptors (Lipinski definition) is 3.